The average Bonchev–Trinajstić information content (AvgIpc) is 2.64. The summed E-state index contributed by atoms with van der Waals surface area (Å²) in [5, 5.41) is 12.4. The summed E-state index contributed by atoms with van der Waals surface area (Å²) in [6.07, 6.45) is 2.30. The molecule has 0 amide bonds. The van der Waals surface area contributed by atoms with Crippen molar-refractivity contribution in [3.63, 3.8) is 0 Å². The van der Waals surface area contributed by atoms with E-state index in [9.17, 15) is 0 Å². The van der Waals surface area contributed by atoms with Crippen LogP contribution in [0.4, 0.5) is 0 Å². The van der Waals surface area contributed by atoms with Crippen LogP contribution < -0.4 is 15.2 Å². The van der Waals surface area contributed by atoms with Crippen molar-refractivity contribution in [3.8, 4) is 11.5 Å². The van der Waals surface area contributed by atoms with Crippen LogP contribution in [0.2, 0.25) is 0 Å². The molecule has 2 rings (SSSR count). The second-order valence-corrected chi connectivity index (χ2v) is 4.15. The Balaban J connectivity index is 0.00000180. The van der Waals surface area contributed by atoms with Crippen LogP contribution in [0.3, 0.4) is 0 Å². The molecule has 3 N–H and O–H groups in total. The number of hydrogen-bond donors (Lipinski definition) is 2. The zero-order valence-corrected chi connectivity index (χ0v) is 11.5. The SMILES string of the molecule is Cl.NCCC/C(=N\O)c1ccc2c(c1)OCCCO2. The molecule has 1 aliphatic heterocycles. The number of hydrogen-bond acceptors (Lipinski definition) is 5. The topological polar surface area (TPSA) is 77.1 Å². The summed E-state index contributed by atoms with van der Waals surface area (Å²) in [5.74, 6) is 1.45. The lowest BCUT2D eigenvalue weighted by Crippen LogP contribution is -2.06. The van der Waals surface area contributed by atoms with Crippen LogP contribution in [-0.2, 0) is 0 Å². The Bertz CT molecular complexity index is 438. The molecule has 0 radical (unpaired) electrons. The van der Waals surface area contributed by atoms with Gasteiger partial charge in [-0.15, -0.1) is 12.4 Å². The molecule has 1 heterocycles. The number of nitrogens with zero attached hydrogens (tertiary/aromatic N) is 1. The predicted octanol–water partition coefficient (Wildman–Crippen LogP) is 2.19. The minimum absolute atomic E-state index is 0. The molecule has 106 valence electrons. The van der Waals surface area contributed by atoms with Crippen LogP contribution in [-0.4, -0.2) is 30.7 Å². The van der Waals surface area contributed by atoms with Crippen molar-refractivity contribution in [2.45, 2.75) is 19.3 Å². The van der Waals surface area contributed by atoms with E-state index in [1.807, 2.05) is 18.2 Å². The predicted molar refractivity (Wildman–Crippen MR) is 75.9 cm³/mol. The molecule has 0 unspecified atom stereocenters. The number of nitrogens with two attached hydrogens (primary N) is 1. The van der Waals surface area contributed by atoms with E-state index >= 15 is 0 Å². The van der Waals surface area contributed by atoms with Crippen molar-refractivity contribution in [1.29, 1.82) is 0 Å². The molecule has 0 saturated carbocycles. The highest BCUT2D eigenvalue weighted by atomic mass is 35.5. The van der Waals surface area contributed by atoms with E-state index in [0.717, 1.165) is 24.2 Å². The summed E-state index contributed by atoms with van der Waals surface area (Å²) in [4.78, 5) is 0. The van der Waals surface area contributed by atoms with Gasteiger partial charge in [-0.1, -0.05) is 5.16 Å². The smallest absolute Gasteiger partial charge is 0.161 e. The second-order valence-electron chi connectivity index (χ2n) is 4.15. The second kappa shape index (κ2) is 7.86. The van der Waals surface area contributed by atoms with Crippen LogP contribution in [0, 0.1) is 0 Å². The van der Waals surface area contributed by atoms with Gasteiger partial charge in [0.1, 0.15) is 0 Å². The maximum absolute atomic E-state index is 9.04. The highest BCUT2D eigenvalue weighted by Gasteiger charge is 2.13. The maximum Gasteiger partial charge on any atom is 0.161 e. The molecule has 0 aliphatic carbocycles. The van der Waals surface area contributed by atoms with E-state index in [-0.39, 0.29) is 12.4 Å². The standard InChI is InChI=1S/C13H18N2O3.ClH/c14-6-1-3-11(15-16)10-4-5-12-13(9-10)18-8-2-7-17-12;/h4-5,9,16H,1-3,6-8,14H2;1H/b15-11+;. The van der Waals surface area contributed by atoms with Crippen molar-refractivity contribution in [3.05, 3.63) is 23.8 Å². The number of oxime groups is 1. The third kappa shape index (κ3) is 4.01. The normalized spacial score (nSPS) is 14.5. The summed E-state index contributed by atoms with van der Waals surface area (Å²) in [5.41, 5.74) is 6.92. The molecule has 0 bridgehead atoms. The molecule has 0 aromatic heterocycles. The van der Waals surface area contributed by atoms with Crippen molar-refractivity contribution in [1.82, 2.24) is 0 Å². The van der Waals surface area contributed by atoms with Crippen molar-refractivity contribution < 1.29 is 14.7 Å². The van der Waals surface area contributed by atoms with Gasteiger partial charge in [0.15, 0.2) is 11.5 Å². The first-order chi connectivity index (χ1) is 8.85. The minimum atomic E-state index is 0. The highest BCUT2D eigenvalue weighted by Crippen LogP contribution is 2.30. The Morgan fingerprint density at radius 1 is 1.26 bits per heavy atom. The third-order valence-corrected chi connectivity index (χ3v) is 2.82. The maximum atomic E-state index is 9.04. The lowest BCUT2D eigenvalue weighted by molar-refractivity contribution is 0.297. The van der Waals surface area contributed by atoms with E-state index < -0.39 is 0 Å². The zero-order valence-electron chi connectivity index (χ0n) is 10.7. The van der Waals surface area contributed by atoms with Crippen LogP contribution in [0.25, 0.3) is 0 Å². The molecule has 0 atom stereocenters. The van der Waals surface area contributed by atoms with Gasteiger partial charge in [0, 0.05) is 12.0 Å². The number of benzene rings is 1. The van der Waals surface area contributed by atoms with Crippen LogP contribution in [0.15, 0.2) is 23.4 Å². The molecule has 0 spiro atoms. The molecule has 5 nitrogen and oxygen atoms in total. The lowest BCUT2D eigenvalue weighted by atomic mass is 10.1. The van der Waals surface area contributed by atoms with Gasteiger partial charge in [0.25, 0.3) is 0 Å². The fraction of sp³-hybridized carbons (Fsp3) is 0.462. The summed E-state index contributed by atoms with van der Waals surface area (Å²) in [6, 6.07) is 5.58. The zero-order chi connectivity index (χ0) is 12.8. The van der Waals surface area contributed by atoms with Gasteiger partial charge >= 0.3 is 0 Å². The fourth-order valence-corrected chi connectivity index (χ4v) is 1.86. The van der Waals surface area contributed by atoms with Gasteiger partial charge in [0.05, 0.1) is 18.9 Å². The highest BCUT2D eigenvalue weighted by molar-refractivity contribution is 6.00. The molecule has 1 aliphatic rings. The Morgan fingerprint density at radius 3 is 2.68 bits per heavy atom. The fourth-order valence-electron chi connectivity index (χ4n) is 1.86. The largest absolute Gasteiger partial charge is 0.490 e. The monoisotopic (exact) mass is 286 g/mol. The first-order valence-corrected chi connectivity index (χ1v) is 6.16. The summed E-state index contributed by atoms with van der Waals surface area (Å²) < 4.78 is 11.2. The molecule has 0 saturated heterocycles. The molecular weight excluding hydrogens is 268 g/mol. The van der Waals surface area contributed by atoms with Crippen molar-refractivity contribution in [2.75, 3.05) is 19.8 Å². The summed E-state index contributed by atoms with van der Waals surface area (Å²) in [6.45, 7) is 1.88. The molecule has 1 aromatic rings. The van der Waals surface area contributed by atoms with E-state index in [2.05, 4.69) is 5.16 Å². The number of fused-ring (bicyclic) bond motifs is 1. The minimum Gasteiger partial charge on any atom is -0.490 e. The van der Waals surface area contributed by atoms with Crippen molar-refractivity contribution >= 4 is 18.1 Å². The Hall–Kier alpha value is -1.46. The lowest BCUT2D eigenvalue weighted by Gasteiger charge is -2.10. The number of rotatable bonds is 4. The van der Waals surface area contributed by atoms with Gasteiger partial charge in [0.2, 0.25) is 0 Å². The Morgan fingerprint density at radius 2 is 2.00 bits per heavy atom. The van der Waals surface area contributed by atoms with Crippen LogP contribution >= 0.6 is 12.4 Å². The molecule has 6 heteroatoms. The molecular formula is C13H19ClN2O3. The quantitative estimate of drug-likeness (QED) is 0.505. The van der Waals surface area contributed by atoms with Gasteiger partial charge < -0.3 is 20.4 Å². The summed E-state index contributed by atoms with van der Waals surface area (Å²) >= 11 is 0. The van der Waals surface area contributed by atoms with Gasteiger partial charge in [-0.3, -0.25) is 0 Å². The molecule has 1 aromatic carbocycles. The molecule has 0 fully saturated rings. The van der Waals surface area contributed by atoms with E-state index in [1.165, 1.54) is 0 Å². The summed E-state index contributed by atoms with van der Waals surface area (Å²) in [7, 11) is 0. The Kier molecular flexibility index (Phi) is 6.45. The Labute approximate surface area is 118 Å². The average molecular weight is 287 g/mol. The molecule has 19 heavy (non-hydrogen) atoms. The van der Waals surface area contributed by atoms with Crippen LogP contribution in [0.5, 0.6) is 11.5 Å². The van der Waals surface area contributed by atoms with Crippen LogP contribution in [0.1, 0.15) is 24.8 Å². The number of ether oxygens (including phenoxy) is 2. The first-order valence-electron chi connectivity index (χ1n) is 6.16. The third-order valence-electron chi connectivity index (χ3n) is 2.82. The van der Waals surface area contributed by atoms with Crippen molar-refractivity contribution in [2.24, 2.45) is 10.9 Å². The number of halogens is 1. The van der Waals surface area contributed by atoms with Gasteiger partial charge in [-0.25, -0.2) is 0 Å². The van der Waals surface area contributed by atoms with Gasteiger partial charge in [-0.05, 0) is 37.6 Å². The van der Waals surface area contributed by atoms with E-state index in [1.54, 1.807) is 0 Å². The van der Waals surface area contributed by atoms with Gasteiger partial charge in [-0.2, -0.15) is 0 Å². The first kappa shape index (κ1) is 15.6. The van der Waals surface area contributed by atoms with E-state index in [0.29, 0.717) is 37.6 Å². The van der Waals surface area contributed by atoms with E-state index in [4.69, 9.17) is 20.4 Å².